The summed E-state index contributed by atoms with van der Waals surface area (Å²) in [7, 11) is 0. The fraction of sp³-hybridized carbons (Fsp3) is 0.286. The lowest BCUT2D eigenvalue weighted by atomic mass is 9.93. The summed E-state index contributed by atoms with van der Waals surface area (Å²) in [5, 5.41) is 24.0. The van der Waals surface area contributed by atoms with Crippen LogP contribution in [0.3, 0.4) is 0 Å². The highest BCUT2D eigenvalue weighted by atomic mass is 32.1. The molecule has 0 fully saturated rings. The lowest BCUT2D eigenvalue weighted by Crippen LogP contribution is -2.14. The van der Waals surface area contributed by atoms with Crippen molar-refractivity contribution < 1.29 is 15.0 Å². The standard InChI is InChI=1S/C14H16N2O3S/c1-14(2,3)10-7-20-13(15-10)16-12(19)8-5-4-6-9(17)11(8)18/h4-7,17-18H,1-3H3,(H,15,16,19). The lowest BCUT2D eigenvalue weighted by Gasteiger charge is -2.14. The molecule has 0 aliphatic carbocycles. The number of aromatic nitrogens is 1. The van der Waals surface area contributed by atoms with E-state index in [0.717, 1.165) is 5.69 Å². The summed E-state index contributed by atoms with van der Waals surface area (Å²) in [5.41, 5.74) is 0.808. The van der Waals surface area contributed by atoms with Gasteiger partial charge in [0.2, 0.25) is 0 Å². The Morgan fingerprint density at radius 2 is 2.00 bits per heavy atom. The number of para-hydroxylation sites is 1. The molecule has 0 unspecified atom stereocenters. The molecule has 0 saturated carbocycles. The zero-order valence-corrected chi connectivity index (χ0v) is 12.3. The molecular formula is C14H16N2O3S. The number of carbonyl (C=O) groups excluding carboxylic acids is 1. The van der Waals surface area contributed by atoms with Gasteiger partial charge in [-0.2, -0.15) is 0 Å². The number of carbonyl (C=O) groups is 1. The molecule has 0 aliphatic rings. The Kier molecular flexibility index (Phi) is 3.67. The normalized spacial score (nSPS) is 11.3. The minimum atomic E-state index is -0.506. The number of hydrogen-bond acceptors (Lipinski definition) is 5. The van der Waals surface area contributed by atoms with Crippen LogP contribution in [0.5, 0.6) is 11.5 Å². The molecular weight excluding hydrogens is 276 g/mol. The molecule has 0 saturated heterocycles. The molecule has 1 heterocycles. The Morgan fingerprint density at radius 1 is 1.30 bits per heavy atom. The highest BCUT2D eigenvalue weighted by Crippen LogP contribution is 2.30. The van der Waals surface area contributed by atoms with E-state index in [1.54, 1.807) is 0 Å². The molecule has 1 aromatic heterocycles. The first-order valence-electron chi connectivity index (χ1n) is 6.07. The number of aromatic hydroxyl groups is 2. The molecule has 0 bridgehead atoms. The second-order valence-corrected chi connectivity index (χ2v) is 6.27. The zero-order valence-electron chi connectivity index (χ0n) is 11.5. The minimum absolute atomic E-state index is 0.0116. The number of phenols is 2. The van der Waals surface area contributed by atoms with Crippen LogP contribution >= 0.6 is 11.3 Å². The van der Waals surface area contributed by atoms with Gasteiger partial charge in [0.25, 0.3) is 5.91 Å². The van der Waals surface area contributed by atoms with Crippen LogP contribution in [0.15, 0.2) is 23.6 Å². The van der Waals surface area contributed by atoms with Gasteiger partial charge in [0.05, 0.1) is 11.3 Å². The van der Waals surface area contributed by atoms with Crippen LogP contribution in [0, 0.1) is 0 Å². The van der Waals surface area contributed by atoms with Crippen LogP contribution in [-0.2, 0) is 5.41 Å². The van der Waals surface area contributed by atoms with Gasteiger partial charge in [0.15, 0.2) is 16.6 Å². The van der Waals surface area contributed by atoms with E-state index in [0.29, 0.717) is 5.13 Å². The fourth-order valence-corrected chi connectivity index (χ4v) is 2.49. The first-order chi connectivity index (χ1) is 9.29. The molecule has 5 nitrogen and oxygen atoms in total. The maximum absolute atomic E-state index is 12.0. The number of nitrogens with zero attached hydrogens (tertiary/aromatic N) is 1. The van der Waals surface area contributed by atoms with Crippen LogP contribution in [0.1, 0.15) is 36.8 Å². The predicted octanol–water partition coefficient (Wildman–Crippen LogP) is 3.10. The van der Waals surface area contributed by atoms with Gasteiger partial charge < -0.3 is 10.2 Å². The van der Waals surface area contributed by atoms with Crippen molar-refractivity contribution in [2.75, 3.05) is 5.32 Å². The molecule has 0 radical (unpaired) electrons. The van der Waals surface area contributed by atoms with E-state index < -0.39 is 11.7 Å². The van der Waals surface area contributed by atoms with Gasteiger partial charge in [-0.05, 0) is 12.1 Å². The van der Waals surface area contributed by atoms with E-state index in [-0.39, 0.29) is 16.7 Å². The van der Waals surface area contributed by atoms with E-state index in [2.05, 4.69) is 10.3 Å². The zero-order chi connectivity index (χ0) is 14.9. The van der Waals surface area contributed by atoms with Crippen LogP contribution < -0.4 is 5.32 Å². The molecule has 0 spiro atoms. The molecule has 20 heavy (non-hydrogen) atoms. The van der Waals surface area contributed by atoms with Crippen molar-refractivity contribution in [2.45, 2.75) is 26.2 Å². The predicted molar refractivity (Wildman–Crippen MR) is 78.5 cm³/mol. The van der Waals surface area contributed by atoms with Gasteiger partial charge in [0, 0.05) is 10.8 Å². The SMILES string of the molecule is CC(C)(C)c1csc(NC(=O)c2cccc(O)c2O)n1. The Labute approximate surface area is 120 Å². The third kappa shape index (κ3) is 2.91. The van der Waals surface area contributed by atoms with Crippen molar-refractivity contribution in [2.24, 2.45) is 0 Å². The van der Waals surface area contributed by atoms with E-state index in [1.807, 2.05) is 26.2 Å². The van der Waals surface area contributed by atoms with Crippen molar-refractivity contribution >= 4 is 22.4 Å². The quantitative estimate of drug-likeness (QED) is 0.743. The second kappa shape index (κ2) is 5.13. The number of hydrogen-bond donors (Lipinski definition) is 3. The average molecular weight is 292 g/mol. The van der Waals surface area contributed by atoms with Crippen molar-refractivity contribution in [3.63, 3.8) is 0 Å². The largest absolute Gasteiger partial charge is 0.504 e. The van der Waals surface area contributed by atoms with Gasteiger partial charge >= 0.3 is 0 Å². The number of rotatable bonds is 2. The summed E-state index contributed by atoms with van der Waals surface area (Å²) in [4.78, 5) is 16.4. The van der Waals surface area contributed by atoms with Crippen molar-refractivity contribution in [1.82, 2.24) is 4.98 Å². The fourth-order valence-electron chi connectivity index (χ4n) is 1.55. The van der Waals surface area contributed by atoms with Crippen molar-refractivity contribution in [1.29, 1.82) is 0 Å². The smallest absolute Gasteiger partial charge is 0.261 e. The maximum Gasteiger partial charge on any atom is 0.261 e. The summed E-state index contributed by atoms with van der Waals surface area (Å²) < 4.78 is 0. The summed E-state index contributed by atoms with van der Waals surface area (Å²) in [5.74, 6) is -1.27. The van der Waals surface area contributed by atoms with Crippen molar-refractivity contribution in [3.05, 3.63) is 34.8 Å². The molecule has 0 atom stereocenters. The number of nitrogens with one attached hydrogen (secondary N) is 1. The molecule has 3 N–H and O–H groups in total. The molecule has 106 valence electrons. The van der Waals surface area contributed by atoms with Crippen LogP contribution in [0.25, 0.3) is 0 Å². The number of benzene rings is 1. The molecule has 1 aromatic carbocycles. The Morgan fingerprint density at radius 3 is 2.60 bits per heavy atom. The third-order valence-corrected chi connectivity index (χ3v) is 3.51. The van der Waals surface area contributed by atoms with E-state index in [1.165, 1.54) is 29.5 Å². The van der Waals surface area contributed by atoms with Crippen LogP contribution in [0.2, 0.25) is 0 Å². The third-order valence-electron chi connectivity index (χ3n) is 2.75. The van der Waals surface area contributed by atoms with Gasteiger partial charge in [-0.3, -0.25) is 10.1 Å². The summed E-state index contributed by atoms with van der Waals surface area (Å²) >= 11 is 1.32. The summed E-state index contributed by atoms with van der Waals surface area (Å²) in [6, 6.07) is 4.24. The Balaban J connectivity index is 2.20. The second-order valence-electron chi connectivity index (χ2n) is 5.42. The lowest BCUT2D eigenvalue weighted by molar-refractivity contribution is 0.102. The highest BCUT2D eigenvalue weighted by Gasteiger charge is 2.19. The molecule has 1 amide bonds. The molecule has 0 aliphatic heterocycles. The molecule has 2 rings (SSSR count). The number of amides is 1. The van der Waals surface area contributed by atoms with Crippen molar-refractivity contribution in [3.8, 4) is 11.5 Å². The molecule has 6 heteroatoms. The van der Waals surface area contributed by atoms with Crippen LogP contribution in [-0.4, -0.2) is 21.1 Å². The van der Waals surface area contributed by atoms with E-state index in [9.17, 15) is 15.0 Å². The summed E-state index contributed by atoms with van der Waals surface area (Å²) in [6.45, 7) is 6.11. The molecule has 2 aromatic rings. The number of phenolic OH excluding ortho intramolecular Hbond substituents is 2. The van der Waals surface area contributed by atoms with Gasteiger partial charge in [-0.25, -0.2) is 4.98 Å². The minimum Gasteiger partial charge on any atom is -0.504 e. The first-order valence-corrected chi connectivity index (χ1v) is 6.95. The number of anilines is 1. The monoisotopic (exact) mass is 292 g/mol. The van der Waals surface area contributed by atoms with E-state index >= 15 is 0 Å². The first kappa shape index (κ1) is 14.3. The van der Waals surface area contributed by atoms with Crippen LogP contribution in [0.4, 0.5) is 5.13 Å². The Hall–Kier alpha value is -2.08. The average Bonchev–Trinajstić information content (AvgIpc) is 2.81. The van der Waals surface area contributed by atoms with Gasteiger partial charge in [-0.1, -0.05) is 26.8 Å². The maximum atomic E-state index is 12.0. The van der Waals surface area contributed by atoms with E-state index in [4.69, 9.17) is 0 Å². The highest BCUT2D eigenvalue weighted by molar-refractivity contribution is 7.14. The van der Waals surface area contributed by atoms with Gasteiger partial charge in [0.1, 0.15) is 0 Å². The topological polar surface area (TPSA) is 82.5 Å². The number of thiazole rings is 1. The van der Waals surface area contributed by atoms with Gasteiger partial charge in [-0.15, -0.1) is 11.3 Å². The Bertz CT molecular complexity index is 644. The summed E-state index contributed by atoms with van der Waals surface area (Å²) in [6.07, 6.45) is 0.